The minimum atomic E-state index is -3.69. The first kappa shape index (κ1) is 20.8. The summed E-state index contributed by atoms with van der Waals surface area (Å²) in [4.78, 5) is 13.0. The van der Waals surface area contributed by atoms with Crippen LogP contribution < -0.4 is 14.4 Å². The van der Waals surface area contributed by atoms with Gasteiger partial charge in [0.1, 0.15) is 11.8 Å². The second-order valence-corrected chi connectivity index (χ2v) is 8.35. The summed E-state index contributed by atoms with van der Waals surface area (Å²) in [7, 11) is -2.18. The highest BCUT2D eigenvalue weighted by molar-refractivity contribution is 7.92. The molecule has 146 valence electrons. The summed E-state index contributed by atoms with van der Waals surface area (Å²) in [6.07, 6.45) is 1.42. The Morgan fingerprint density at radius 1 is 1.19 bits per heavy atom. The zero-order valence-corrected chi connectivity index (χ0v) is 17.1. The molecular formula is C20H26N2O4S. The number of aryl methyl sites for hydroxylation is 2. The SMILES string of the molecule is CC[C@H](C(=O)Nc1cc(C)ccc1C)N(c1cccc(OC)c1)S(C)(=O)=O. The number of methoxy groups -OCH3 is 1. The van der Waals surface area contributed by atoms with Crippen LogP contribution in [0.4, 0.5) is 11.4 Å². The number of carbonyl (C=O) groups is 1. The summed E-state index contributed by atoms with van der Waals surface area (Å²) in [5, 5.41) is 2.88. The third-order valence-corrected chi connectivity index (χ3v) is 5.47. The lowest BCUT2D eigenvalue weighted by molar-refractivity contribution is -0.117. The number of carbonyl (C=O) groups excluding carboxylic acids is 1. The van der Waals surface area contributed by atoms with Gasteiger partial charge in [-0.25, -0.2) is 8.42 Å². The van der Waals surface area contributed by atoms with Gasteiger partial charge in [0.2, 0.25) is 15.9 Å². The Morgan fingerprint density at radius 2 is 1.89 bits per heavy atom. The van der Waals surface area contributed by atoms with E-state index < -0.39 is 16.1 Å². The predicted octanol–water partition coefficient (Wildman–Crippen LogP) is 3.50. The Bertz CT molecular complexity index is 925. The van der Waals surface area contributed by atoms with Crippen LogP contribution in [0.1, 0.15) is 24.5 Å². The maximum Gasteiger partial charge on any atom is 0.248 e. The molecule has 0 unspecified atom stereocenters. The van der Waals surface area contributed by atoms with Gasteiger partial charge < -0.3 is 10.1 Å². The first-order chi connectivity index (χ1) is 12.7. The molecule has 2 rings (SSSR count). The van der Waals surface area contributed by atoms with Gasteiger partial charge in [-0.15, -0.1) is 0 Å². The smallest absolute Gasteiger partial charge is 0.248 e. The molecular weight excluding hydrogens is 364 g/mol. The summed E-state index contributed by atoms with van der Waals surface area (Å²) >= 11 is 0. The number of rotatable bonds is 7. The van der Waals surface area contributed by atoms with Gasteiger partial charge in [-0.2, -0.15) is 0 Å². The Morgan fingerprint density at radius 3 is 2.48 bits per heavy atom. The van der Waals surface area contributed by atoms with Gasteiger partial charge in [0.15, 0.2) is 0 Å². The molecule has 2 aromatic carbocycles. The number of anilines is 2. The summed E-state index contributed by atoms with van der Waals surface area (Å²) in [5.74, 6) is 0.144. The van der Waals surface area contributed by atoms with Gasteiger partial charge in [-0.05, 0) is 49.6 Å². The van der Waals surface area contributed by atoms with Crippen LogP contribution in [-0.2, 0) is 14.8 Å². The number of nitrogens with one attached hydrogen (secondary N) is 1. The molecule has 6 nitrogen and oxygen atoms in total. The third kappa shape index (κ3) is 5.01. The van der Waals surface area contributed by atoms with Crippen molar-refractivity contribution in [3.8, 4) is 5.75 Å². The minimum Gasteiger partial charge on any atom is -0.497 e. The molecule has 0 saturated carbocycles. The zero-order chi connectivity index (χ0) is 20.2. The van der Waals surface area contributed by atoms with E-state index in [1.807, 2.05) is 32.0 Å². The fourth-order valence-electron chi connectivity index (χ4n) is 2.89. The molecule has 0 spiro atoms. The van der Waals surface area contributed by atoms with E-state index in [1.54, 1.807) is 31.2 Å². The maximum atomic E-state index is 13.0. The van der Waals surface area contributed by atoms with Crippen LogP contribution in [0, 0.1) is 13.8 Å². The number of amides is 1. The molecule has 0 aliphatic heterocycles. The molecule has 2 aromatic rings. The van der Waals surface area contributed by atoms with Crippen molar-refractivity contribution < 1.29 is 17.9 Å². The maximum absolute atomic E-state index is 13.0. The highest BCUT2D eigenvalue weighted by Gasteiger charge is 2.32. The Hall–Kier alpha value is -2.54. The monoisotopic (exact) mass is 390 g/mol. The normalized spacial score (nSPS) is 12.3. The van der Waals surface area contributed by atoms with Gasteiger partial charge in [-0.3, -0.25) is 9.10 Å². The molecule has 0 bridgehead atoms. The van der Waals surface area contributed by atoms with Crippen LogP contribution >= 0.6 is 0 Å². The fraction of sp³-hybridized carbons (Fsp3) is 0.350. The summed E-state index contributed by atoms with van der Waals surface area (Å²) in [6.45, 7) is 5.61. The van der Waals surface area contributed by atoms with E-state index in [0.717, 1.165) is 21.7 Å². The van der Waals surface area contributed by atoms with Crippen molar-refractivity contribution in [2.45, 2.75) is 33.2 Å². The molecule has 1 N–H and O–H groups in total. The molecule has 0 aliphatic carbocycles. The zero-order valence-electron chi connectivity index (χ0n) is 16.3. The van der Waals surface area contributed by atoms with Crippen LogP contribution in [0.2, 0.25) is 0 Å². The first-order valence-electron chi connectivity index (χ1n) is 8.69. The molecule has 0 heterocycles. The van der Waals surface area contributed by atoms with Gasteiger partial charge in [0.25, 0.3) is 0 Å². The summed E-state index contributed by atoms with van der Waals surface area (Å²) < 4.78 is 31.4. The highest BCUT2D eigenvalue weighted by atomic mass is 32.2. The van der Waals surface area contributed by atoms with Crippen molar-refractivity contribution in [1.82, 2.24) is 0 Å². The van der Waals surface area contributed by atoms with Crippen LogP contribution in [-0.4, -0.2) is 33.7 Å². The molecule has 27 heavy (non-hydrogen) atoms. The van der Waals surface area contributed by atoms with Crippen LogP contribution in [0.15, 0.2) is 42.5 Å². The number of nitrogens with zero attached hydrogens (tertiary/aromatic N) is 1. The van der Waals surface area contributed by atoms with Crippen LogP contribution in [0.3, 0.4) is 0 Å². The van der Waals surface area contributed by atoms with E-state index in [9.17, 15) is 13.2 Å². The van der Waals surface area contributed by atoms with E-state index in [4.69, 9.17) is 4.74 Å². The summed E-state index contributed by atoms with van der Waals surface area (Å²) in [6, 6.07) is 11.5. The number of hydrogen-bond donors (Lipinski definition) is 1. The number of benzene rings is 2. The molecule has 0 aliphatic rings. The first-order valence-corrected chi connectivity index (χ1v) is 10.5. The molecule has 0 fully saturated rings. The average Bonchev–Trinajstić information content (AvgIpc) is 2.61. The quantitative estimate of drug-likeness (QED) is 0.785. The van der Waals surface area contributed by atoms with E-state index in [2.05, 4.69) is 5.32 Å². The van der Waals surface area contributed by atoms with E-state index in [0.29, 0.717) is 23.5 Å². The molecule has 0 radical (unpaired) electrons. The van der Waals surface area contributed by atoms with Crippen molar-refractivity contribution in [2.24, 2.45) is 0 Å². The topological polar surface area (TPSA) is 75.7 Å². The van der Waals surface area contributed by atoms with Crippen molar-refractivity contribution >= 4 is 27.3 Å². The Balaban J connectivity index is 2.42. The second kappa shape index (κ2) is 8.43. The van der Waals surface area contributed by atoms with Gasteiger partial charge >= 0.3 is 0 Å². The number of hydrogen-bond acceptors (Lipinski definition) is 4. The lowest BCUT2D eigenvalue weighted by atomic mass is 10.1. The lowest BCUT2D eigenvalue weighted by Gasteiger charge is -2.30. The van der Waals surface area contributed by atoms with Crippen molar-refractivity contribution in [2.75, 3.05) is 23.0 Å². The molecule has 0 aromatic heterocycles. The van der Waals surface area contributed by atoms with E-state index in [1.165, 1.54) is 7.11 Å². The van der Waals surface area contributed by atoms with Gasteiger partial charge in [-0.1, -0.05) is 25.1 Å². The minimum absolute atomic E-state index is 0.320. The third-order valence-electron chi connectivity index (χ3n) is 4.29. The van der Waals surface area contributed by atoms with Crippen LogP contribution in [0.5, 0.6) is 5.75 Å². The van der Waals surface area contributed by atoms with Gasteiger partial charge in [0.05, 0.1) is 19.1 Å². The number of ether oxygens (including phenoxy) is 1. The standard InChI is InChI=1S/C20H26N2O4S/c1-6-19(20(23)21-18-12-14(2)10-11-15(18)3)22(27(5,24)25)16-8-7-9-17(13-16)26-4/h7-13,19H,6H2,1-5H3,(H,21,23)/t19-/m1/s1. The highest BCUT2D eigenvalue weighted by Crippen LogP contribution is 2.27. The lowest BCUT2D eigenvalue weighted by Crippen LogP contribution is -2.47. The Kier molecular flexibility index (Phi) is 6.49. The van der Waals surface area contributed by atoms with Crippen molar-refractivity contribution in [3.63, 3.8) is 0 Å². The molecule has 1 amide bonds. The second-order valence-electron chi connectivity index (χ2n) is 6.49. The fourth-order valence-corrected chi connectivity index (χ4v) is 4.10. The van der Waals surface area contributed by atoms with E-state index >= 15 is 0 Å². The van der Waals surface area contributed by atoms with Crippen molar-refractivity contribution in [3.05, 3.63) is 53.6 Å². The molecule has 7 heteroatoms. The van der Waals surface area contributed by atoms with Gasteiger partial charge in [0, 0.05) is 11.8 Å². The number of sulfonamides is 1. The van der Waals surface area contributed by atoms with E-state index in [-0.39, 0.29) is 5.91 Å². The van der Waals surface area contributed by atoms with Crippen molar-refractivity contribution in [1.29, 1.82) is 0 Å². The largest absolute Gasteiger partial charge is 0.497 e. The molecule has 1 atom stereocenters. The molecule has 0 saturated heterocycles. The Labute approximate surface area is 161 Å². The summed E-state index contributed by atoms with van der Waals surface area (Å²) in [5.41, 5.74) is 2.99. The predicted molar refractivity (Wildman–Crippen MR) is 109 cm³/mol. The van der Waals surface area contributed by atoms with Crippen LogP contribution in [0.25, 0.3) is 0 Å². The average molecular weight is 391 g/mol.